The quantitative estimate of drug-likeness (QED) is 0.792. The number of aromatic nitrogens is 3. The average Bonchev–Trinajstić information content (AvgIpc) is 2.45. The monoisotopic (exact) mass is 292 g/mol. The number of rotatable bonds is 4. The van der Waals surface area contributed by atoms with Crippen molar-refractivity contribution in [2.24, 2.45) is 0 Å². The van der Waals surface area contributed by atoms with Crippen molar-refractivity contribution in [3.63, 3.8) is 0 Å². The SMILES string of the molecule is CC[NH2+]CC.O=c1[nH]c([S-])nnc1Cc1ccccc1. The normalized spacial score (nSPS) is 9.70. The highest BCUT2D eigenvalue weighted by atomic mass is 32.1. The van der Waals surface area contributed by atoms with E-state index in [-0.39, 0.29) is 10.7 Å². The van der Waals surface area contributed by atoms with Crippen molar-refractivity contribution in [2.45, 2.75) is 25.4 Å². The first-order valence-electron chi connectivity index (χ1n) is 6.65. The molecule has 0 amide bonds. The van der Waals surface area contributed by atoms with Crippen molar-refractivity contribution in [3.05, 3.63) is 51.9 Å². The van der Waals surface area contributed by atoms with E-state index in [2.05, 4.69) is 34.3 Å². The Morgan fingerprint density at radius 2 is 1.80 bits per heavy atom. The van der Waals surface area contributed by atoms with Gasteiger partial charge >= 0.3 is 0 Å². The van der Waals surface area contributed by atoms with Crippen LogP contribution in [0.4, 0.5) is 0 Å². The number of benzene rings is 1. The molecule has 20 heavy (non-hydrogen) atoms. The highest BCUT2D eigenvalue weighted by Gasteiger charge is 2.02. The van der Waals surface area contributed by atoms with E-state index in [4.69, 9.17) is 12.6 Å². The summed E-state index contributed by atoms with van der Waals surface area (Å²) in [5, 5.41) is 9.79. The molecule has 0 aliphatic heterocycles. The fraction of sp³-hybridized carbons (Fsp3) is 0.357. The lowest BCUT2D eigenvalue weighted by Gasteiger charge is -2.03. The fourth-order valence-corrected chi connectivity index (χ4v) is 1.67. The van der Waals surface area contributed by atoms with Crippen molar-refractivity contribution in [3.8, 4) is 0 Å². The number of nitrogens with zero attached hydrogens (tertiary/aromatic N) is 2. The van der Waals surface area contributed by atoms with E-state index in [0.29, 0.717) is 12.1 Å². The summed E-state index contributed by atoms with van der Waals surface area (Å²) >= 11 is 4.69. The zero-order valence-electron chi connectivity index (χ0n) is 11.8. The molecule has 0 saturated carbocycles. The van der Waals surface area contributed by atoms with Gasteiger partial charge in [0, 0.05) is 11.6 Å². The first-order valence-corrected chi connectivity index (χ1v) is 7.06. The fourth-order valence-electron chi connectivity index (χ4n) is 1.54. The third kappa shape index (κ3) is 5.90. The number of hydrogen-bond acceptors (Lipinski definition) is 4. The van der Waals surface area contributed by atoms with Crippen LogP contribution in [-0.2, 0) is 19.0 Å². The van der Waals surface area contributed by atoms with Crippen LogP contribution in [0.15, 0.2) is 40.3 Å². The van der Waals surface area contributed by atoms with Crippen molar-refractivity contribution >= 4 is 12.6 Å². The lowest BCUT2D eigenvalue weighted by molar-refractivity contribution is -0.648. The van der Waals surface area contributed by atoms with Gasteiger partial charge in [-0.1, -0.05) is 30.3 Å². The minimum Gasteiger partial charge on any atom is -0.740 e. The molecular formula is C14H20N4OS. The van der Waals surface area contributed by atoms with E-state index in [1.54, 1.807) is 0 Å². The lowest BCUT2D eigenvalue weighted by Crippen LogP contribution is -2.82. The molecule has 2 aromatic rings. The number of aromatic amines is 1. The number of H-pyrrole nitrogens is 1. The van der Waals surface area contributed by atoms with E-state index < -0.39 is 0 Å². The molecule has 108 valence electrons. The summed E-state index contributed by atoms with van der Waals surface area (Å²) in [5.74, 6) is 0. The molecule has 0 fully saturated rings. The molecule has 3 N–H and O–H groups in total. The Morgan fingerprint density at radius 3 is 2.30 bits per heavy atom. The van der Waals surface area contributed by atoms with Gasteiger partial charge in [0.05, 0.1) is 13.1 Å². The molecule has 1 aromatic heterocycles. The maximum atomic E-state index is 11.4. The Labute approximate surface area is 124 Å². The maximum Gasteiger partial charge on any atom is 0.271 e. The molecule has 6 heteroatoms. The third-order valence-corrected chi connectivity index (χ3v) is 2.72. The summed E-state index contributed by atoms with van der Waals surface area (Å²) in [7, 11) is 0. The second kappa shape index (κ2) is 9.17. The standard InChI is InChI=1S/C10H9N3OS.C4H11N/c14-9-8(12-13-10(15)11-9)6-7-4-2-1-3-5-7;1-3-5-4-2/h1-5H,6H2,(H2,11,13,14,15);5H,3-4H2,1-2H3. The molecule has 0 saturated heterocycles. The number of nitrogens with one attached hydrogen (secondary N) is 1. The number of quaternary nitrogens is 1. The molecule has 1 heterocycles. The Morgan fingerprint density at radius 1 is 1.15 bits per heavy atom. The van der Waals surface area contributed by atoms with Gasteiger partial charge in [-0.3, -0.25) is 4.79 Å². The lowest BCUT2D eigenvalue weighted by atomic mass is 10.1. The minimum atomic E-state index is -0.265. The van der Waals surface area contributed by atoms with E-state index in [1.165, 1.54) is 13.1 Å². The van der Waals surface area contributed by atoms with Gasteiger partial charge in [-0.05, 0) is 19.4 Å². The van der Waals surface area contributed by atoms with Crippen LogP contribution < -0.4 is 10.9 Å². The molecular weight excluding hydrogens is 272 g/mol. The van der Waals surface area contributed by atoms with Gasteiger partial charge in [-0.2, -0.15) is 5.10 Å². The number of nitrogens with two attached hydrogens (primary N) is 1. The largest absolute Gasteiger partial charge is 0.740 e. The molecule has 0 atom stereocenters. The van der Waals surface area contributed by atoms with E-state index >= 15 is 0 Å². The van der Waals surface area contributed by atoms with Crippen LogP contribution in [0, 0.1) is 0 Å². The topological polar surface area (TPSA) is 75.2 Å². The molecule has 0 aliphatic carbocycles. The zero-order valence-corrected chi connectivity index (χ0v) is 12.6. The van der Waals surface area contributed by atoms with Crippen LogP contribution >= 0.6 is 0 Å². The van der Waals surface area contributed by atoms with Gasteiger partial charge in [0.2, 0.25) is 0 Å². The molecule has 0 aliphatic rings. The van der Waals surface area contributed by atoms with E-state index in [1.807, 2.05) is 30.3 Å². The smallest absolute Gasteiger partial charge is 0.271 e. The van der Waals surface area contributed by atoms with Gasteiger partial charge in [0.25, 0.3) is 5.56 Å². The molecule has 0 radical (unpaired) electrons. The summed E-state index contributed by atoms with van der Waals surface area (Å²) in [5.41, 5.74) is 1.14. The van der Waals surface area contributed by atoms with Crippen molar-refractivity contribution in [1.82, 2.24) is 15.2 Å². The summed E-state index contributed by atoms with van der Waals surface area (Å²) < 4.78 is 0. The van der Waals surface area contributed by atoms with Crippen molar-refractivity contribution < 1.29 is 5.32 Å². The van der Waals surface area contributed by atoms with Crippen molar-refractivity contribution in [2.75, 3.05) is 13.1 Å². The summed E-state index contributed by atoms with van der Waals surface area (Å²) in [4.78, 5) is 13.9. The highest BCUT2D eigenvalue weighted by Crippen LogP contribution is 2.02. The minimum absolute atomic E-state index is 0.122. The van der Waals surface area contributed by atoms with Crippen LogP contribution in [0.2, 0.25) is 0 Å². The summed E-state index contributed by atoms with van der Waals surface area (Å²) in [6, 6.07) is 9.62. The second-order valence-electron chi connectivity index (χ2n) is 4.17. The first kappa shape index (κ1) is 16.3. The molecule has 5 nitrogen and oxygen atoms in total. The van der Waals surface area contributed by atoms with Crippen LogP contribution in [-0.4, -0.2) is 28.3 Å². The Balaban J connectivity index is 0.000000347. The zero-order chi connectivity index (χ0) is 14.8. The molecule has 0 unspecified atom stereocenters. The average molecular weight is 292 g/mol. The molecule has 0 bridgehead atoms. The number of hydrogen-bond donors (Lipinski definition) is 2. The van der Waals surface area contributed by atoms with Gasteiger partial charge in [0.15, 0.2) is 0 Å². The predicted molar refractivity (Wildman–Crippen MR) is 80.5 cm³/mol. The Bertz CT molecular complexity index is 555. The van der Waals surface area contributed by atoms with Crippen LogP contribution in [0.1, 0.15) is 25.1 Å². The summed E-state index contributed by atoms with van der Waals surface area (Å²) in [6.07, 6.45) is 0.471. The van der Waals surface area contributed by atoms with Gasteiger partial charge < -0.3 is 22.9 Å². The highest BCUT2D eigenvalue weighted by molar-refractivity contribution is 7.58. The third-order valence-electron chi connectivity index (χ3n) is 2.54. The van der Waals surface area contributed by atoms with Gasteiger partial charge in [-0.15, -0.1) is 5.10 Å². The first-order chi connectivity index (χ1) is 9.67. The van der Waals surface area contributed by atoms with E-state index in [0.717, 1.165) is 5.56 Å². The van der Waals surface area contributed by atoms with E-state index in [9.17, 15) is 4.79 Å². The second-order valence-corrected chi connectivity index (χ2v) is 4.56. The Kier molecular flexibility index (Phi) is 7.46. The molecule has 2 rings (SSSR count). The van der Waals surface area contributed by atoms with Crippen LogP contribution in [0.3, 0.4) is 0 Å². The molecule has 1 aromatic carbocycles. The van der Waals surface area contributed by atoms with Crippen LogP contribution in [0.25, 0.3) is 0 Å². The Hall–Kier alpha value is -1.79. The van der Waals surface area contributed by atoms with Crippen molar-refractivity contribution in [1.29, 1.82) is 0 Å². The summed E-state index contributed by atoms with van der Waals surface area (Å²) in [6.45, 7) is 6.75. The maximum absolute atomic E-state index is 11.4. The predicted octanol–water partition coefficient (Wildman–Crippen LogP) is 0.251. The van der Waals surface area contributed by atoms with Crippen LogP contribution in [0.5, 0.6) is 0 Å². The molecule has 0 spiro atoms. The van der Waals surface area contributed by atoms with Gasteiger partial charge in [-0.25, -0.2) is 0 Å². The van der Waals surface area contributed by atoms with Gasteiger partial charge in [0.1, 0.15) is 5.69 Å².